The minimum absolute atomic E-state index is 0.0129. The predicted molar refractivity (Wildman–Crippen MR) is 112 cm³/mol. The number of unbranched alkanes of at least 4 members (excludes halogenated alkanes) is 3. The van der Waals surface area contributed by atoms with Crippen LogP contribution in [0.2, 0.25) is 0 Å². The highest BCUT2D eigenvalue weighted by Crippen LogP contribution is 2.39. The zero-order chi connectivity index (χ0) is 19.1. The molecule has 1 heterocycles. The first-order valence-electron chi connectivity index (χ1n) is 11.5. The van der Waals surface area contributed by atoms with Crippen LogP contribution in [0.1, 0.15) is 114 Å². The first kappa shape index (κ1) is 20.4. The van der Waals surface area contributed by atoms with Crippen molar-refractivity contribution in [2.45, 2.75) is 103 Å². The molecule has 27 heavy (non-hydrogen) atoms. The average Bonchev–Trinajstić information content (AvgIpc) is 3.08. The van der Waals surface area contributed by atoms with Gasteiger partial charge < -0.3 is 4.74 Å². The zero-order valence-electron chi connectivity index (χ0n) is 17.4. The molecular formula is C25H38O2. The normalized spacial score (nSPS) is 28.3. The predicted octanol–water partition coefficient (Wildman–Crippen LogP) is 7.34. The van der Waals surface area contributed by atoms with E-state index < -0.39 is 0 Å². The topological polar surface area (TPSA) is 26.3 Å². The van der Waals surface area contributed by atoms with Crippen molar-refractivity contribution < 1.29 is 9.53 Å². The second-order valence-electron chi connectivity index (χ2n) is 8.88. The molecule has 1 saturated heterocycles. The van der Waals surface area contributed by atoms with Crippen LogP contribution in [0.4, 0.5) is 0 Å². The fraction of sp³-hybridized carbons (Fsp3) is 0.720. The molecule has 0 aromatic heterocycles. The largest absolute Gasteiger partial charge is 0.457 e. The summed E-state index contributed by atoms with van der Waals surface area (Å²) >= 11 is 0. The molecular weight excluding hydrogens is 332 g/mol. The summed E-state index contributed by atoms with van der Waals surface area (Å²) < 4.78 is 5.66. The molecule has 0 N–H and O–H groups in total. The third-order valence-corrected chi connectivity index (χ3v) is 6.84. The van der Waals surface area contributed by atoms with E-state index in [1.807, 2.05) is 0 Å². The monoisotopic (exact) mass is 370 g/mol. The minimum Gasteiger partial charge on any atom is -0.457 e. The van der Waals surface area contributed by atoms with Crippen LogP contribution in [0.3, 0.4) is 0 Å². The van der Waals surface area contributed by atoms with E-state index in [9.17, 15) is 4.79 Å². The maximum atomic E-state index is 12.1. The molecule has 1 saturated carbocycles. The second kappa shape index (κ2) is 10.3. The molecule has 0 spiro atoms. The molecule has 2 unspecified atom stereocenters. The van der Waals surface area contributed by atoms with Crippen LogP contribution in [-0.4, -0.2) is 5.97 Å². The van der Waals surface area contributed by atoms with Crippen LogP contribution in [0.15, 0.2) is 24.3 Å². The summed E-state index contributed by atoms with van der Waals surface area (Å²) in [5.41, 5.74) is 2.66. The number of cyclic esters (lactones) is 1. The van der Waals surface area contributed by atoms with Crippen molar-refractivity contribution in [2.75, 3.05) is 0 Å². The molecule has 1 aromatic rings. The fourth-order valence-electron chi connectivity index (χ4n) is 4.98. The van der Waals surface area contributed by atoms with Gasteiger partial charge in [0.05, 0.1) is 5.92 Å². The van der Waals surface area contributed by atoms with Crippen molar-refractivity contribution in [3.63, 3.8) is 0 Å². The van der Waals surface area contributed by atoms with Gasteiger partial charge in [-0.25, -0.2) is 0 Å². The highest BCUT2D eigenvalue weighted by Gasteiger charge is 2.34. The molecule has 3 rings (SSSR count). The average molecular weight is 371 g/mol. The Morgan fingerprint density at radius 3 is 2.19 bits per heavy atom. The van der Waals surface area contributed by atoms with Crippen LogP contribution in [-0.2, 0) is 9.53 Å². The summed E-state index contributed by atoms with van der Waals surface area (Å²) in [6.45, 7) is 4.47. The lowest BCUT2D eigenvalue weighted by Crippen LogP contribution is -2.13. The lowest BCUT2D eigenvalue weighted by molar-refractivity contribution is -0.144. The van der Waals surface area contributed by atoms with Gasteiger partial charge >= 0.3 is 5.97 Å². The number of hydrogen-bond donors (Lipinski definition) is 0. The van der Waals surface area contributed by atoms with E-state index >= 15 is 0 Å². The first-order valence-corrected chi connectivity index (χ1v) is 11.5. The van der Waals surface area contributed by atoms with E-state index in [1.54, 1.807) is 0 Å². The first-order chi connectivity index (χ1) is 13.2. The Morgan fingerprint density at radius 2 is 1.52 bits per heavy atom. The van der Waals surface area contributed by atoms with Crippen LogP contribution < -0.4 is 0 Å². The van der Waals surface area contributed by atoms with Gasteiger partial charge in [0.15, 0.2) is 0 Å². The van der Waals surface area contributed by atoms with E-state index in [1.165, 1.54) is 62.5 Å². The Labute approximate surface area is 166 Å². The van der Waals surface area contributed by atoms with Crippen molar-refractivity contribution >= 4 is 5.97 Å². The minimum atomic E-state index is -0.0253. The van der Waals surface area contributed by atoms with Crippen LogP contribution >= 0.6 is 0 Å². The van der Waals surface area contributed by atoms with Gasteiger partial charge in [-0.1, -0.05) is 76.6 Å². The van der Waals surface area contributed by atoms with E-state index in [-0.39, 0.29) is 18.0 Å². The third-order valence-electron chi connectivity index (χ3n) is 6.84. The van der Waals surface area contributed by atoms with Crippen LogP contribution in [0, 0.1) is 11.8 Å². The SMILES string of the molecule is CCCCCC1CCC(c2ccc(C3CC(CCCC)C(=O)O3)cc2)CC1. The molecule has 2 atom stereocenters. The van der Waals surface area contributed by atoms with Crippen molar-refractivity contribution in [3.8, 4) is 0 Å². The number of benzene rings is 1. The lowest BCUT2D eigenvalue weighted by atomic mass is 9.77. The number of carbonyl (C=O) groups excluding carboxylic acids is 1. The molecule has 2 fully saturated rings. The molecule has 150 valence electrons. The van der Waals surface area contributed by atoms with Gasteiger partial charge in [0.25, 0.3) is 0 Å². The van der Waals surface area contributed by atoms with Gasteiger partial charge in [-0.05, 0) is 55.1 Å². The highest BCUT2D eigenvalue weighted by molar-refractivity contribution is 5.74. The van der Waals surface area contributed by atoms with Gasteiger partial charge in [0.1, 0.15) is 6.10 Å². The molecule has 1 aromatic carbocycles. The van der Waals surface area contributed by atoms with Gasteiger partial charge in [0, 0.05) is 6.42 Å². The Morgan fingerprint density at radius 1 is 0.852 bits per heavy atom. The quantitative estimate of drug-likeness (QED) is 0.336. The summed E-state index contributed by atoms with van der Waals surface area (Å²) in [4.78, 5) is 12.1. The van der Waals surface area contributed by atoms with Gasteiger partial charge in [-0.15, -0.1) is 0 Å². The van der Waals surface area contributed by atoms with Gasteiger partial charge in [-0.3, -0.25) is 4.79 Å². The lowest BCUT2D eigenvalue weighted by Gasteiger charge is -2.29. The molecule has 0 bridgehead atoms. The number of hydrogen-bond acceptors (Lipinski definition) is 2. The number of ether oxygens (including phenoxy) is 1. The van der Waals surface area contributed by atoms with E-state index in [0.29, 0.717) is 0 Å². The van der Waals surface area contributed by atoms with Crippen LogP contribution in [0.25, 0.3) is 0 Å². The smallest absolute Gasteiger partial charge is 0.309 e. The second-order valence-corrected chi connectivity index (χ2v) is 8.88. The van der Waals surface area contributed by atoms with Crippen molar-refractivity contribution in [2.24, 2.45) is 11.8 Å². The Kier molecular flexibility index (Phi) is 7.79. The summed E-state index contributed by atoms with van der Waals surface area (Å²) in [6.07, 6.45) is 15.1. The summed E-state index contributed by atoms with van der Waals surface area (Å²) in [7, 11) is 0. The molecule has 0 amide bonds. The number of esters is 1. The van der Waals surface area contributed by atoms with Crippen molar-refractivity contribution in [3.05, 3.63) is 35.4 Å². The highest BCUT2D eigenvalue weighted by atomic mass is 16.5. The van der Waals surface area contributed by atoms with Crippen LogP contribution in [0.5, 0.6) is 0 Å². The van der Waals surface area contributed by atoms with Crippen molar-refractivity contribution in [1.82, 2.24) is 0 Å². The van der Waals surface area contributed by atoms with Gasteiger partial charge in [0.2, 0.25) is 0 Å². The van der Waals surface area contributed by atoms with E-state index in [4.69, 9.17) is 4.74 Å². The third kappa shape index (κ3) is 5.59. The molecule has 1 aliphatic heterocycles. The molecule has 2 aliphatic rings. The summed E-state index contributed by atoms with van der Waals surface area (Å²) in [6, 6.07) is 9.01. The van der Waals surface area contributed by atoms with E-state index in [0.717, 1.165) is 37.5 Å². The number of rotatable bonds is 9. The molecule has 1 aliphatic carbocycles. The fourth-order valence-corrected chi connectivity index (χ4v) is 4.98. The Hall–Kier alpha value is -1.31. The maximum absolute atomic E-state index is 12.1. The Balaban J connectivity index is 1.49. The summed E-state index contributed by atoms with van der Waals surface area (Å²) in [5.74, 6) is 1.81. The molecule has 0 radical (unpaired) electrons. The standard InChI is InChI=1S/C25H38O2/c1-3-5-7-8-19-10-12-20(13-11-19)21-14-16-22(17-15-21)24-18-23(9-6-4-2)25(26)27-24/h14-17,19-20,23-24H,3-13,18H2,1-2H3. The zero-order valence-corrected chi connectivity index (χ0v) is 17.4. The molecule has 2 heteroatoms. The summed E-state index contributed by atoms with van der Waals surface area (Å²) in [5, 5.41) is 0. The number of carbonyl (C=O) groups is 1. The Bertz CT molecular complexity index is 568. The van der Waals surface area contributed by atoms with E-state index in [2.05, 4.69) is 38.1 Å². The van der Waals surface area contributed by atoms with Crippen molar-refractivity contribution in [1.29, 1.82) is 0 Å². The van der Waals surface area contributed by atoms with Gasteiger partial charge in [-0.2, -0.15) is 0 Å². The maximum Gasteiger partial charge on any atom is 0.309 e. The molecule has 2 nitrogen and oxygen atoms in total.